The van der Waals surface area contributed by atoms with Crippen molar-refractivity contribution in [1.82, 2.24) is 4.90 Å². The molecule has 1 saturated carbocycles. The van der Waals surface area contributed by atoms with E-state index in [0.29, 0.717) is 30.4 Å². The summed E-state index contributed by atoms with van der Waals surface area (Å²) >= 11 is 0. The van der Waals surface area contributed by atoms with Crippen molar-refractivity contribution in [2.75, 3.05) is 44.2 Å². The first-order valence-corrected chi connectivity index (χ1v) is 16.0. The topological polar surface area (TPSA) is 49.9 Å². The first kappa shape index (κ1) is 30.6. The lowest BCUT2D eigenvalue weighted by molar-refractivity contribution is -0.139. The van der Waals surface area contributed by atoms with Crippen LogP contribution in [0.1, 0.15) is 90.9 Å². The minimum absolute atomic E-state index is 0.106. The van der Waals surface area contributed by atoms with Gasteiger partial charge in [0.1, 0.15) is 0 Å². The number of rotatable bonds is 14. The summed E-state index contributed by atoms with van der Waals surface area (Å²) in [5, 5.41) is 0. The molecule has 4 rings (SSSR count). The number of hydrogen-bond acceptors (Lipinski definition) is 5. The Morgan fingerprint density at radius 3 is 2.25 bits per heavy atom. The van der Waals surface area contributed by atoms with Gasteiger partial charge in [-0.05, 0) is 81.0 Å². The van der Waals surface area contributed by atoms with Crippen LogP contribution in [0.4, 0.5) is 5.69 Å². The molecule has 2 aliphatic carbocycles. The van der Waals surface area contributed by atoms with E-state index in [0.717, 1.165) is 50.8 Å². The number of ether oxygens (including phenoxy) is 1. The van der Waals surface area contributed by atoms with Crippen LogP contribution in [0.5, 0.6) is 0 Å². The molecule has 40 heavy (non-hydrogen) atoms. The summed E-state index contributed by atoms with van der Waals surface area (Å²) in [7, 11) is 0. The van der Waals surface area contributed by atoms with Crippen molar-refractivity contribution in [2.45, 2.75) is 90.9 Å². The van der Waals surface area contributed by atoms with Crippen molar-refractivity contribution in [3.63, 3.8) is 0 Å². The van der Waals surface area contributed by atoms with Crippen LogP contribution in [0.3, 0.4) is 0 Å². The molecule has 0 N–H and O–H groups in total. The first-order valence-electron chi connectivity index (χ1n) is 16.0. The number of allylic oxidation sites excluding steroid dienone is 2. The number of carbonyl (C=O) groups is 2. The molecule has 5 heteroatoms. The maximum Gasteiger partial charge on any atom is 0.333 e. The second-order valence-electron chi connectivity index (χ2n) is 12.5. The number of benzene rings is 1. The summed E-state index contributed by atoms with van der Waals surface area (Å²) in [5.41, 5.74) is 4.16. The van der Waals surface area contributed by atoms with Crippen molar-refractivity contribution >= 4 is 17.4 Å². The standard InChI is InChI=1S/C35H52N2O3/c1-27-17-18-30(25-33-29(3)34(38)26-32(27)33)28(2)35(39)40-24-14-9-7-5-4-6-8-13-19-36-20-22-37(23-21-36)31-15-11-10-12-16-31/h10-12,15-16,27,30,32H,2,4-9,13-14,17-26H2,1,3H3/t27-,30+,32-/m0/s1. The van der Waals surface area contributed by atoms with Gasteiger partial charge in [-0.3, -0.25) is 9.69 Å². The van der Waals surface area contributed by atoms with Crippen LogP contribution in [0.15, 0.2) is 53.6 Å². The Morgan fingerprint density at radius 1 is 0.900 bits per heavy atom. The monoisotopic (exact) mass is 548 g/mol. The predicted octanol–water partition coefficient (Wildman–Crippen LogP) is 7.37. The van der Waals surface area contributed by atoms with Gasteiger partial charge in [0.2, 0.25) is 0 Å². The number of para-hydroxylation sites is 1. The van der Waals surface area contributed by atoms with Gasteiger partial charge in [0.25, 0.3) is 0 Å². The smallest absolute Gasteiger partial charge is 0.333 e. The Labute approximate surface area is 243 Å². The Bertz CT molecular complexity index is 1010. The molecule has 0 aromatic heterocycles. The molecule has 2 fully saturated rings. The number of nitrogens with zero attached hydrogens (tertiary/aromatic N) is 2. The Kier molecular flexibility index (Phi) is 11.9. The average Bonchev–Trinajstić information content (AvgIpc) is 3.15. The van der Waals surface area contributed by atoms with E-state index >= 15 is 0 Å². The summed E-state index contributed by atoms with van der Waals surface area (Å²) in [6.45, 7) is 14.7. The van der Waals surface area contributed by atoms with Gasteiger partial charge in [-0.1, -0.05) is 75.8 Å². The Balaban J connectivity index is 0.987. The largest absolute Gasteiger partial charge is 0.462 e. The summed E-state index contributed by atoms with van der Waals surface area (Å²) in [6, 6.07) is 10.8. The summed E-state index contributed by atoms with van der Waals surface area (Å²) in [5.74, 6) is 1.01. The lowest BCUT2D eigenvalue weighted by Crippen LogP contribution is -2.46. The van der Waals surface area contributed by atoms with Crippen LogP contribution in [0.2, 0.25) is 0 Å². The zero-order valence-corrected chi connectivity index (χ0v) is 25.2. The SMILES string of the molecule is C=C(C(=O)OCCCCCCCCCCN1CCN(c2ccccc2)CC1)[C@@H]1CC[C@H](C)[C@@H]2CC(=O)C(C)=C2C1. The number of carbonyl (C=O) groups excluding carboxylic acids is 2. The molecule has 0 unspecified atom stereocenters. The molecule has 1 aromatic carbocycles. The van der Waals surface area contributed by atoms with E-state index in [9.17, 15) is 9.59 Å². The first-order chi connectivity index (χ1) is 19.4. The molecule has 3 aliphatic rings. The zero-order chi connectivity index (χ0) is 28.3. The maximum atomic E-state index is 12.7. The lowest BCUT2D eigenvalue weighted by Gasteiger charge is -2.36. The van der Waals surface area contributed by atoms with Crippen molar-refractivity contribution in [1.29, 1.82) is 0 Å². The zero-order valence-electron chi connectivity index (χ0n) is 25.2. The van der Waals surface area contributed by atoms with Crippen LogP contribution in [0, 0.1) is 17.8 Å². The van der Waals surface area contributed by atoms with Gasteiger partial charge < -0.3 is 9.64 Å². The van der Waals surface area contributed by atoms with Gasteiger partial charge in [-0.2, -0.15) is 0 Å². The highest BCUT2D eigenvalue weighted by molar-refractivity contribution is 5.98. The minimum atomic E-state index is -0.236. The molecule has 0 radical (unpaired) electrons. The number of anilines is 1. The van der Waals surface area contributed by atoms with Gasteiger partial charge in [0.05, 0.1) is 6.61 Å². The molecule has 1 aliphatic heterocycles. The maximum absolute atomic E-state index is 12.7. The molecule has 0 spiro atoms. The molecule has 3 atom stereocenters. The third-order valence-electron chi connectivity index (χ3n) is 9.73. The molecule has 0 amide bonds. The number of Topliss-reactive ketones (excluding diaryl/α,β-unsaturated/α-hetero) is 1. The number of ketones is 1. The molecule has 5 nitrogen and oxygen atoms in total. The molecular weight excluding hydrogens is 496 g/mol. The molecule has 1 saturated heterocycles. The number of esters is 1. The summed E-state index contributed by atoms with van der Waals surface area (Å²) in [6.07, 6.45) is 13.2. The highest BCUT2D eigenvalue weighted by atomic mass is 16.5. The Hall–Kier alpha value is -2.40. The van der Waals surface area contributed by atoms with Gasteiger partial charge in [-0.15, -0.1) is 0 Å². The molecule has 1 heterocycles. The minimum Gasteiger partial charge on any atom is -0.462 e. The van der Waals surface area contributed by atoms with E-state index in [1.54, 1.807) is 0 Å². The van der Waals surface area contributed by atoms with Gasteiger partial charge in [0.15, 0.2) is 5.78 Å². The molecular formula is C35H52N2O3. The highest BCUT2D eigenvalue weighted by Crippen LogP contribution is 2.45. The van der Waals surface area contributed by atoms with E-state index in [1.165, 1.54) is 69.4 Å². The molecule has 1 aromatic rings. The summed E-state index contributed by atoms with van der Waals surface area (Å²) < 4.78 is 5.60. The van der Waals surface area contributed by atoms with Crippen LogP contribution in [-0.2, 0) is 14.3 Å². The number of hydrogen-bond donors (Lipinski definition) is 0. The van der Waals surface area contributed by atoms with E-state index in [1.807, 2.05) is 6.92 Å². The quantitative estimate of drug-likeness (QED) is 0.138. The van der Waals surface area contributed by atoms with E-state index < -0.39 is 0 Å². The van der Waals surface area contributed by atoms with Crippen LogP contribution in [0.25, 0.3) is 0 Å². The van der Waals surface area contributed by atoms with E-state index in [2.05, 4.69) is 53.6 Å². The average molecular weight is 549 g/mol. The van der Waals surface area contributed by atoms with Crippen LogP contribution in [-0.4, -0.2) is 56.0 Å². The van der Waals surface area contributed by atoms with Gasteiger partial charge >= 0.3 is 5.97 Å². The highest BCUT2D eigenvalue weighted by Gasteiger charge is 2.38. The molecule has 0 bridgehead atoms. The second kappa shape index (κ2) is 15.6. The fourth-order valence-electron chi connectivity index (χ4n) is 6.90. The fraction of sp³-hybridized carbons (Fsp3) is 0.657. The third-order valence-corrected chi connectivity index (χ3v) is 9.73. The third kappa shape index (κ3) is 8.55. The Morgan fingerprint density at radius 2 is 1.55 bits per heavy atom. The van der Waals surface area contributed by atoms with Gasteiger partial charge in [0, 0.05) is 43.9 Å². The second-order valence-corrected chi connectivity index (χ2v) is 12.5. The van der Waals surface area contributed by atoms with E-state index in [-0.39, 0.29) is 17.7 Å². The van der Waals surface area contributed by atoms with Crippen LogP contribution >= 0.6 is 0 Å². The molecule has 220 valence electrons. The van der Waals surface area contributed by atoms with E-state index in [4.69, 9.17) is 4.74 Å². The number of fused-ring (bicyclic) bond motifs is 1. The van der Waals surface area contributed by atoms with Gasteiger partial charge in [-0.25, -0.2) is 4.79 Å². The lowest BCUT2D eigenvalue weighted by atomic mass is 9.86. The van der Waals surface area contributed by atoms with Crippen molar-refractivity contribution in [2.24, 2.45) is 17.8 Å². The van der Waals surface area contributed by atoms with Crippen molar-refractivity contribution in [3.05, 3.63) is 53.6 Å². The number of piperazine rings is 1. The predicted molar refractivity (Wildman–Crippen MR) is 164 cm³/mol. The number of unbranched alkanes of at least 4 members (excludes halogenated alkanes) is 7. The van der Waals surface area contributed by atoms with Crippen LogP contribution < -0.4 is 4.90 Å². The summed E-state index contributed by atoms with van der Waals surface area (Å²) in [4.78, 5) is 30.1. The van der Waals surface area contributed by atoms with Crippen molar-refractivity contribution in [3.8, 4) is 0 Å². The van der Waals surface area contributed by atoms with Crippen molar-refractivity contribution < 1.29 is 14.3 Å². The normalized spacial score (nSPS) is 23.7. The fourth-order valence-corrected chi connectivity index (χ4v) is 6.90.